The first kappa shape index (κ1) is 14.5. The Hall–Kier alpha value is -1.87. The highest BCUT2D eigenvalue weighted by Gasteiger charge is 2.07. The maximum absolute atomic E-state index is 11.4. The third kappa shape index (κ3) is 3.81. The van der Waals surface area contributed by atoms with E-state index in [-0.39, 0.29) is 5.97 Å². The monoisotopic (exact) mass is 271 g/mol. The van der Waals surface area contributed by atoms with Crippen molar-refractivity contribution < 1.29 is 9.53 Å². The van der Waals surface area contributed by atoms with Crippen LogP contribution in [0, 0.1) is 0 Å². The van der Waals surface area contributed by atoms with E-state index in [1.807, 2.05) is 14.0 Å². The number of fused-ring (bicyclic) bond motifs is 1. The van der Waals surface area contributed by atoms with Gasteiger partial charge < -0.3 is 9.64 Å². The highest BCUT2D eigenvalue weighted by atomic mass is 16.5. The van der Waals surface area contributed by atoms with Crippen molar-refractivity contribution in [2.45, 2.75) is 19.9 Å². The molecule has 0 N–H and O–H groups in total. The molecule has 0 amide bonds. The Bertz CT molecular complexity index is 575. The first-order valence-corrected chi connectivity index (χ1v) is 7.01. The molecule has 2 aromatic rings. The topological polar surface area (TPSA) is 29.5 Å². The van der Waals surface area contributed by atoms with Gasteiger partial charge in [0.2, 0.25) is 0 Å². The van der Waals surface area contributed by atoms with E-state index in [1.54, 1.807) is 0 Å². The van der Waals surface area contributed by atoms with Crippen LogP contribution in [0.3, 0.4) is 0 Å². The van der Waals surface area contributed by atoms with Crippen LogP contribution in [0.2, 0.25) is 0 Å². The molecule has 3 nitrogen and oxygen atoms in total. The minimum absolute atomic E-state index is 0.128. The lowest BCUT2D eigenvalue weighted by molar-refractivity contribution is -0.143. The number of hydrogen-bond acceptors (Lipinski definition) is 3. The molecule has 0 saturated carbocycles. The number of carbonyl (C=O) groups is 1. The van der Waals surface area contributed by atoms with Crippen LogP contribution >= 0.6 is 0 Å². The van der Waals surface area contributed by atoms with Crippen molar-refractivity contribution in [2.24, 2.45) is 0 Å². The smallest absolute Gasteiger partial charge is 0.307 e. The molecule has 0 aliphatic rings. The minimum atomic E-state index is -0.128. The van der Waals surface area contributed by atoms with Crippen LogP contribution in [0.15, 0.2) is 42.5 Å². The summed E-state index contributed by atoms with van der Waals surface area (Å²) < 4.78 is 4.95. The fourth-order valence-corrected chi connectivity index (χ4v) is 2.32. The van der Waals surface area contributed by atoms with E-state index < -0.39 is 0 Å². The molecule has 0 atom stereocenters. The Morgan fingerprint density at radius 2 is 1.90 bits per heavy atom. The van der Waals surface area contributed by atoms with Gasteiger partial charge in [0.1, 0.15) is 0 Å². The Balaban J connectivity index is 1.99. The van der Waals surface area contributed by atoms with Crippen LogP contribution in [-0.2, 0) is 16.1 Å². The molecule has 3 heteroatoms. The van der Waals surface area contributed by atoms with Crippen molar-refractivity contribution in [3.63, 3.8) is 0 Å². The van der Waals surface area contributed by atoms with Gasteiger partial charge in [-0.15, -0.1) is 0 Å². The molecule has 0 saturated heterocycles. The second-order valence-electron chi connectivity index (χ2n) is 4.93. The molecule has 0 unspecified atom stereocenters. The van der Waals surface area contributed by atoms with Gasteiger partial charge in [-0.3, -0.25) is 4.79 Å². The number of ether oxygens (including phenoxy) is 1. The largest absolute Gasteiger partial charge is 0.466 e. The summed E-state index contributed by atoms with van der Waals surface area (Å²) in [5, 5.41) is 2.53. The lowest BCUT2D eigenvalue weighted by Gasteiger charge is -2.17. The van der Waals surface area contributed by atoms with E-state index in [0.717, 1.165) is 6.54 Å². The Morgan fingerprint density at radius 3 is 2.70 bits per heavy atom. The molecule has 0 bridgehead atoms. The lowest BCUT2D eigenvalue weighted by Crippen LogP contribution is -2.22. The standard InChI is InChI=1S/C17H21NO2/c1-3-20-17(19)11-12-18(2)13-15-9-6-8-14-7-4-5-10-16(14)15/h4-10H,3,11-13H2,1-2H3. The molecule has 0 aliphatic carbocycles. The molecule has 20 heavy (non-hydrogen) atoms. The van der Waals surface area contributed by atoms with Gasteiger partial charge >= 0.3 is 5.97 Å². The van der Waals surface area contributed by atoms with Crippen molar-refractivity contribution in [3.8, 4) is 0 Å². The van der Waals surface area contributed by atoms with E-state index in [9.17, 15) is 4.79 Å². The van der Waals surface area contributed by atoms with Crippen LogP contribution < -0.4 is 0 Å². The van der Waals surface area contributed by atoms with Crippen molar-refractivity contribution in [2.75, 3.05) is 20.2 Å². The van der Waals surface area contributed by atoms with Crippen molar-refractivity contribution >= 4 is 16.7 Å². The van der Waals surface area contributed by atoms with Gasteiger partial charge in [-0.2, -0.15) is 0 Å². The van der Waals surface area contributed by atoms with Crippen molar-refractivity contribution in [3.05, 3.63) is 48.0 Å². The molecule has 0 heterocycles. The van der Waals surface area contributed by atoms with Crippen LogP contribution in [0.25, 0.3) is 10.8 Å². The molecular formula is C17H21NO2. The van der Waals surface area contributed by atoms with Gasteiger partial charge in [-0.05, 0) is 30.3 Å². The van der Waals surface area contributed by atoms with Gasteiger partial charge in [0.25, 0.3) is 0 Å². The van der Waals surface area contributed by atoms with E-state index in [1.165, 1.54) is 16.3 Å². The van der Waals surface area contributed by atoms with Gasteiger partial charge in [-0.1, -0.05) is 42.5 Å². The summed E-state index contributed by atoms with van der Waals surface area (Å²) in [6.45, 7) is 3.83. The van der Waals surface area contributed by atoms with Crippen molar-refractivity contribution in [1.29, 1.82) is 0 Å². The van der Waals surface area contributed by atoms with Crippen LogP contribution in [0.1, 0.15) is 18.9 Å². The molecular weight excluding hydrogens is 250 g/mol. The number of nitrogens with zero attached hydrogens (tertiary/aromatic N) is 1. The number of benzene rings is 2. The number of esters is 1. The molecule has 2 aromatic carbocycles. The zero-order valence-electron chi connectivity index (χ0n) is 12.1. The van der Waals surface area contributed by atoms with Gasteiger partial charge in [0.05, 0.1) is 13.0 Å². The molecule has 0 aromatic heterocycles. The third-order valence-electron chi connectivity index (χ3n) is 3.32. The molecule has 0 spiro atoms. The van der Waals surface area contributed by atoms with E-state index in [2.05, 4.69) is 47.4 Å². The lowest BCUT2D eigenvalue weighted by atomic mass is 10.0. The summed E-state index contributed by atoms with van der Waals surface area (Å²) in [6, 6.07) is 14.7. The average Bonchev–Trinajstić information content (AvgIpc) is 2.46. The quantitative estimate of drug-likeness (QED) is 0.755. The predicted molar refractivity (Wildman–Crippen MR) is 81.5 cm³/mol. The number of rotatable bonds is 6. The predicted octanol–water partition coefficient (Wildman–Crippen LogP) is 3.22. The molecule has 0 radical (unpaired) electrons. The zero-order valence-corrected chi connectivity index (χ0v) is 12.1. The van der Waals surface area contributed by atoms with Gasteiger partial charge in [0, 0.05) is 13.1 Å². The summed E-state index contributed by atoms with van der Waals surface area (Å²) in [5.41, 5.74) is 1.29. The molecule has 0 aliphatic heterocycles. The Labute approximate surface area is 120 Å². The normalized spacial score (nSPS) is 10.9. The fraction of sp³-hybridized carbons (Fsp3) is 0.353. The summed E-state index contributed by atoms with van der Waals surface area (Å²) >= 11 is 0. The summed E-state index contributed by atoms with van der Waals surface area (Å²) in [4.78, 5) is 13.5. The van der Waals surface area contributed by atoms with Crippen molar-refractivity contribution in [1.82, 2.24) is 4.90 Å². The maximum Gasteiger partial charge on any atom is 0.307 e. The second kappa shape index (κ2) is 7.06. The average molecular weight is 271 g/mol. The summed E-state index contributed by atoms with van der Waals surface area (Å²) in [5.74, 6) is -0.128. The minimum Gasteiger partial charge on any atom is -0.466 e. The maximum atomic E-state index is 11.4. The highest BCUT2D eigenvalue weighted by Crippen LogP contribution is 2.19. The van der Waals surface area contributed by atoms with E-state index >= 15 is 0 Å². The second-order valence-corrected chi connectivity index (χ2v) is 4.93. The first-order valence-electron chi connectivity index (χ1n) is 7.01. The molecule has 0 fully saturated rings. The highest BCUT2D eigenvalue weighted by molar-refractivity contribution is 5.85. The zero-order chi connectivity index (χ0) is 14.4. The van der Waals surface area contributed by atoms with Crippen LogP contribution in [-0.4, -0.2) is 31.1 Å². The summed E-state index contributed by atoms with van der Waals surface area (Å²) in [7, 11) is 2.03. The summed E-state index contributed by atoms with van der Waals surface area (Å²) in [6.07, 6.45) is 0.440. The van der Waals surface area contributed by atoms with Crippen LogP contribution in [0.4, 0.5) is 0 Å². The molecule has 106 valence electrons. The first-order chi connectivity index (χ1) is 9.70. The van der Waals surface area contributed by atoms with E-state index in [4.69, 9.17) is 4.74 Å². The van der Waals surface area contributed by atoms with E-state index in [0.29, 0.717) is 19.6 Å². The SMILES string of the molecule is CCOC(=O)CCN(C)Cc1cccc2ccccc12. The Morgan fingerprint density at radius 1 is 1.15 bits per heavy atom. The van der Waals surface area contributed by atoms with Gasteiger partial charge in [0.15, 0.2) is 0 Å². The van der Waals surface area contributed by atoms with Crippen LogP contribution in [0.5, 0.6) is 0 Å². The fourth-order valence-electron chi connectivity index (χ4n) is 2.32. The molecule has 2 rings (SSSR count). The van der Waals surface area contributed by atoms with Gasteiger partial charge in [-0.25, -0.2) is 0 Å². The number of hydrogen-bond donors (Lipinski definition) is 0. The number of carbonyl (C=O) groups excluding carboxylic acids is 1. The Kier molecular flexibility index (Phi) is 5.13. The third-order valence-corrected chi connectivity index (χ3v) is 3.32.